The Balaban J connectivity index is 3.71. The number of carbonyl (C=O) groups is 1. The van der Waals surface area contributed by atoms with Crippen molar-refractivity contribution in [2.75, 3.05) is 19.0 Å². The van der Waals surface area contributed by atoms with Crippen molar-refractivity contribution in [2.24, 2.45) is 11.8 Å². The van der Waals surface area contributed by atoms with Gasteiger partial charge in [0.1, 0.15) is 5.44 Å². The van der Waals surface area contributed by atoms with Gasteiger partial charge in [0.15, 0.2) is 0 Å². The first kappa shape index (κ1) is 19.8. The van der Waals surface area contributed by atoms with Crippen LogP contribution >= 0.6 is 11.8 Å². The molecule has 0 bridgehead atoms. The molecule has 0 saturated carbocycles. The molecule has 2 unspecified atom stereocenters. The number of unbranched alkanes of at least 4 members (excludes halogenated alkanes) is 1. The highest BCUT2D eigenvalue weighted by atomic mass is 32.2. The number of hydrogen-bond donors (Lipinski definition) is 0. The Morgan fingerprint density at radius 1 is 1.15 bits per heavy atom. The van der Waals surface area contributed by atoms with E-state index in [1.165, 1.54) is 24.6 Å². The van der Waals surface area contributed by atoms with Gasteiger partial charge in [-0.3, -0.25) is 4.79 Å². The summed E-state index contributed by atoms with van der Waals surface area (Å²) in [6.45, 7) is 11.9. The Kier molecular flexibility index (Phi) is 12.4. The minimum Gasteiger partial charge on any atom is -0.465 e. The summed E-state index contributed by atoms with van der Waals surface area (Å²) in [7, 11) is 0. The average molecular weight is 304 g/mol. The highest BCUT2D eigenvalue weighted by molar-refractivity contribution is 8.00. The second-order valence-electron chi connectivity index (χ2n) is 5.71. The molecule has 0 amide bonds. The van der Waals surface area contributed by atoms with Gasteiger partial charge in [0, 0.05) is 0 Å². The van der Waals surface area contributed by atoms with Crippen LogP contribution in [0.25, 0.3) is 0 Å². The van der Waals surface area contributed by atoms with Crippen LogP contribution in [0.15, 0.2) is 0 Å². The van der Waals surface area contributed by atoms with Crippen molar-refractivity contribution < 1.29 is 14.3 Å². The van der Waals surface area contributed by atoms with Crippen LogP contribution in [-0.4, -0.2) is 30.4 Å². The molecule has 0 N–H and O–H groups in total. The van der Waals surface area contributed by atoms with Crippen LogP contribution < -0.4 is 0 Å². The minimum atomic E-state index is -0.120. The lowest BCUT2D eigenvalue weighted by molar-refractivity contribution is -0.141. The molecular formula is C16H32O3S. The van der Waals surface area contributed by atoms with Gasteiger partial charge in [-0.1, -0.05) is 47.0 Å². The molecule has 0 fully saturated rings. The zero-order valence-electron chi connectivity index (χ0n) is 13.8. The maximum absolute atomic E-state index is 11.7. The van der Waals surface area contributed by atoms with Crippen molar-refractivity contribution in [3.05, 3.63) is 0 Å². The molecule has 20 heavy (non-hydrogen) atoms. The van der Waals surface area contributed by atoms with E-state index in [1.54, 1.807) is 0 Å². The molecule has 3 nitrogen and oxygen atoms in total. The second-order valence-corrected chi connectivity index (χ2v) is 6.99. The zero-order chi connectivity index (χ0) is 15.4. The smallest absolute Gasteiger partial charge is 0.315 e. The summed E-state index contributed by atoms with van der Waals surface area (Å²) in [5.74, 6) is 1.29. The summed E-state index contributed by atoms with van der Waals surface area (Å²) in [5.41, 5.74) is 0.0482. The quantitative estimate of drug-likeness (QED) is 0.393. The van der Waals surface area contributed by atoms with Crippen molar-refractivity contribution in [1.29, 1.82) is 0 Å². The van der Waals surface area contributed by atoms with Gasteiger partial charge in [-0.2, -0.15) is 0 Å². The summed E-state index contributed by atoms with van der Waals surface area (Å²) in [6.07, 6.45) is 4.64. The van der Waals surface area contributed by atoms with E-state index in [0.29, 0.717) is 24.2 Å². The van der Waals surface area contributed by atoms with Crippen LogP contribution in [0.2, 0.25) is 0 Å². The van der Waals surface area contributed by atoms with Crippen LogP contribution in [0.3, 0.4) is 0 Å². The van der Waals surface area contributed by atoms with Gasteiger partial charge in [-0.15, -0.1) is 11.8 Å². The minimum absolute atomic E-state index is 0.0482. The van der Waals surface area contributed by atoms with E-state index in [2.05, 4.69) is 27.7 Å². The lowest BCUT2D eigenvalue weighted by atomic mass is 10.0. The Labute approximate surface area is 129 Å². The number of carbonyl (C=O) groups excluding carboxylic acids is 1. The van der Waals surface area contributed by atoms with Crippen molar-refractivity contribution in [2.45, 2.75) is 65.7 Å². The SMILES string of the molecule is CCCCC(CC)COC(=O)CSC(C)OCC(C)C. The maximum atomic E-state index is 11.7. The monoisotopic (exact) mass is 304 g/mol. The van der Waals surface area contributed by atoms with Gasteiger partial charge >= 0.3 is 5.97 Å². The fraction of sp³-hybridized carbons (Fsp3) is 0.938. The molecular weight excluding hydrogens is 272 g/mol. The Morgan fingerprint density at radius 3 is 2.40 bits per heavy atom. The molecule has 0 aliphatic heterocycles. The lowest BCUT2D eigenvalue weighted by Crippen LogP contribution is -2.17. The van der Waals surface area contributed by atoms with E-state index in [0.717, 1.165) is 19.4 Å². The molecule has 0 radical (unpaired) electrons. The average Bonchev–Trinajstić information content (AvgIpc) is 2.43. The van der Waals surface area contributed by atoms with E-state index in [4.69, 9.17) is 9.47 Å². The molecule has 2 atom stereocenters. The molecule has 0 spiro atoms. The number of esters is 1. The number of ether oxygens (including phenoxy) is 2. The topological polar surface area (TPSA) is 35.5 Å². The molecule has 0 heterocycles. The Morgan fingerprint density at radius 2 is 1.85 bits per heavy atom. The second kappa shape index (κ2) is 12.5. The first-order chi connectivity index (χ1) is 9.49. The van der Waals surface area contributed by atoms with Gasteiger partial charge in [-0.05, 0) is 25.2 Å². The van der Waals surface area contributed by atoms with Crippen molar-refractivity contribution >= 4 is 17.7 Å². The number of thioether (sulfide) groups is 1. The Bertz CT molecular complexity index is 244. The molecule has 120 valence electrons. The predicted molar refractivity (Wildman–Crippen MR) is 87.0 cm³/mol. The summed E-state index contributed by atoms with van der Waals surface area (Å²) in [6, 6.07) is 0. The molecule has 0 aromatic carbocycles. The summed E-state index contributed by atoms with van der Waals surface area (Å²) < 4.78 is 11.0. The summed E-state index contributed by atoms with van der Waals surface area (Å²) in [5, 5.41) is 0. The van der Waals surface area contributed by atoms with Gasteiger partial charge in [0.05, 0.1) is 19.0 Å². The van der Waals surface area contributed by atoms with Gasteiger partial charge < -0.3 is 9.47 Å². The third-order valence-electron chi connectivity index (χ3n) is 3.12. The fourth-order valence-corrected chi connectivity index (χ4v) is 2.34. The standard InChI is InChI=1S/C16H32O3S/c1-6-8-9-15(7-2)11-19-16(17)12-20-14(5)18-10-13(3)4/h13-15H,6-12H2,1-5H3. The largest absolute Gasteiger partial charge is 0.465 e. The first-order valence-electron chi connectivity index (χ1n) is 7.88. The van der Waals surface area contributed by atoms with Crippen molar-refractivity contribution in [3.8, 4) is 0 Å². The maximum Gasteiger partial charge on any atom is 0.315 e. The van der Waals surface area contributed by atoms with Crippen molar-refractivity contribution in [3.63, 3.8) is 0 Å². The van der Waals surface area contributed by atoms with Crippen LogP contribution in [0.4, 0.5) is 0 Å². The van der Waals surface area contributed by atoms with Crippen molar-refractivity contribution in [1.82, 2.24) is 0 Å². The van der Waals surface area contributed by atoms with Crippen LogP contribution in [0, 0.1) is 11.8 Å². The third kappa shape index (κ3) is 11.6. The molecule has 0 aliphatic rings. The van der Waals surface area contributed by atoms with E-state index in [9.17, 15) is 4.79 Å². The van der Waals surface area contributed by atoms with Crippen LogP contribution in [0.1, 0.15) is 60.3 Å². The molecule has 0 aliphatic carbocycles. The zero-order valence-corrected chi connectivity index (χ0v) is 14.6. The molecule has 0 aromatic rings. The normalized spacial score (nSPS) is 14.3. The summed E-state index contributed by atoms with van der Waals surface area (Å²) >= 11 is 1.51. The van der Waals surface area contributed by atoms with E-state index < -0.39 is 0 Å². The van der Waals surface area contributed by atoms with Crippen LogP contribution in [-0.2, 0) is 14.3 Å². The number of rotatable bonds is 12. The third-order valence-corrected chi connectivity index (χ3v) is 4.13. The van der Waals surface area contributed by atoms with Gasteiger partial charge in [0.25, 0.3) is 0 Å². The molecule has 4 heteroatoms. The van der Waals surface area contributed by atoms with Gasteiger partial charge in [-0.25, -0.2) is 0 Å². The van der Waals surface area contributed by atoms with E-state index in [1.807, 2.05) is 6.92 Å². The summed E-state index contributed by atoms with van der Waals surface area (Å²) in [4.78, 5) is 11.7. The molecule has 0 saturated heterocycles. The lowest BCUT2D eigenvalue weighted by Gasteiger charge is -2.16. The highest BCUT2D eigenvalue weighted by Gasteiger charge is 2.12. The number of hydrogen-bond acceptors (Lipinski definition) is 4. The fourth-order valence-electron chi connectivity index (χ4n) is 1.71. The van der Waals surface area contributed by atoms with Gasteiger partial charge in [0.2, 0.25) is 0 Å². The molecule has 0 aromatic heterocycles. The van der Waals surface area contributed by atoms with E-state index in [-0.39, 0.29) is 11.4 Å². The predicted octanol–water partition coefficient (Wildman–Crippen LogP) is 4.50. The highest BCUT2D eigenvalue weighted by Crippen LogP contribution is 2.15. The van der Waals surface area contributed by atoms with E-state index >= 15 is 0 Å². The van der Waals surface area contributed by atoms with Crippen LogP contribution in [0.5, 0.6) is 0 Å². The molecule has 0 rings (SSSR count). The first-order valence-corrected chi connectivity index (χ1v) is 8.93. The Hall–Kier alpha value is -0.220.